The lowest BCUT2D eigenvalue weighted by Crippen LogP contribution is -2.48. The Kier molecular flexibility index (Phi) is 4.72. The Hall–Kier alpha value is -1.47. The van der Waals surface area contributed by atoms with Crippen LogP contribution >= 0.6 is 15.9 Å². The summed E-state index contributed by atoms with van der Waals surface area (Å²) in [6.07, 6.45) is 0. The van der Waals surface area contributed by atoms with Crippen LogP contribution in [0, 0.1) is 10.1 Å². The molecule has 1 fully saturated rings. The van der Waals surface area contributed by atoms with Crippen molar-refractivity contribution >= 4 is 27.5 Å². The smallest absolute Gasteiger partial charge is 0.270 e. The van der Waals surface area contributed by atoms with Crippen LogP contribution in [-0.2, 0) is 0 Å². The maximum Gasteiger partial charge on any atom is 0.270 e. The average molecular weight is 342 g/mol. The van der Waals surface area contributed by atoms with Crippen LogP contribution in [0.3, 0.4) is 0 Å². The molecule has 108 valence electrons. The molecule has 7 heteroatoms. The summed E-state index contributed by atoms with van der Waals surface area (Å²) in [6.45, 7) is 6.06. The molecule has 0 aliphatic carbocycles. The molecule has 1 saturated heterocycles. The van der Waals surface area contributed by atoms with Crippen LogP contribution in [0.25, 0.3) is 0 Å². The molecule has 0 bridgehead atoms. The summed E-state index contributed by atoms with van der Waals surface area (Å²) in [5.74, 6) is -0.156. The van der Waals surface area contributed by atoms with Gasteiger partial charge in [-0.1, -0.05) is 6.92 Å². The summed E-state index contributed by atoms with van der Waals surface area (Å²) < 4.78 is 0.589. The number of hydrogen-bond donors (Lipinski definition) is 0. The summed E-state index contributed by atoms with van der Waals surface area (Å²) in [5.41, 5.74) is 0.285. The van der Waals surface area contributed by atoms with Gasteiger partial charge in [-0.25, -0.2) is 0 Å². The van der Waals surface area contributed by atoms with E-state index in [-0.39, 0.29) is 11.6 Å². The SMILES string of the molecule is CCN1CCN(C(=O)c2cc([N+](=O)[O-])ccc2Br)CC1. The van der Waals surface area contributed by atoms with Crippen LogP contribution in [0.4, 0.5) is 5.69 Å². The molecule has 1 aliphatic rings. The van der Waals surface area contributed by atoms with Gasteiger partial charge in [0.05, 0.1) is 10.5 Å². The summed E-state index contributed by atoms with van der Waals surface area (Å²) >= 11 is 3.29. The number of amides is 1. The number of nitro benzene ring substituents is 1. The number of carbonyl (C=O) groups is 1. The summed E-state index contributed by atoms with van der Waals surface area (Å²) in [7, 11) is 0. The molecule has 0 aromatic heterocycles. The standard InChI is InChI=1S/C13H16BrN3O3/c1-2-15-5-7-16(8-6-15)13(18)11-9-10(17(19)20)3-4-12(11)14/h3-4,9H,2,5-8H2,1H3. The Labute approximate surface area is 125 Å². The maximum atomic E-state index is 12.4. The Morgan fingerprint density at radius 3 is 2.55 bits per heavy atom. The zero-order chi connectivity index (χ0) is 14.7. The predicted molar refractivity (Wildman–Crippen MR) is 78.8 cm³/mol. The highest BCUT2D eigenvalue weighted by Crippen LogP contribution is 2.24. The van der Waals surface area contributed by atoms with Gasteiger partial charge in [-0.15, -0.1) is 0 Å². The van der Waals surface area contributed by atoms with Crippen molar-refractivity contribution in [2.45, 2.75) is 6.92 Å². The minimum atomic E-state index is -0.488. The van der Waals surface area contributed by atoms with Crippen molar-refractivity contribution in [1.82, 2.24) is 9.80 Å². The van der Waals surface area contributed by atoms with E-state index in [1.165, 1.54) is 12.1 Å². The van der Waals surface area contributed by atoms with Crippen LogP contribution in [0.1, 0.15) is 17.3 Å². The Morgan fingerprint density at radius 1 is 1.35 bits per heavy atom. The van der Waals surface area contributed by atoms with Gasteiger partial charge in [0.15, 0.2) is 0 Å². The highest BCUT2D eigenvalue weighted by Gasteiger charge is 2.24. The van der Waals surface area contributed by atoms with E-state index >= 15 is 0 Å². The van der Waals surface area contributed by atoms with Gasteiger partial charge in [0.1, 0.15) is 0 Å². The molecule has 1 heterocycles. The number of rotatable bonds is 3. The van der Waals surface area contributed by atoms with E-state index < -0.39 is 4.92 Å². The molecule has 1 aromatic rings. The van der Waals surface area contributed by atoms with Crippen LogP contribution in [0.5, 0.6) is 0 Å². The molecule has 6 nitrogen and oxygen atoms in total. The van der Waals surface area contributed by atoms with Gasteiger partial charge in [0, 0.05) is 42.8 Å². The number of hydrogen-bond acceptors (Lipinski definition) is 4. The van der Waals surface area contributed by atoms with Gasteiger partial charge >= 0.3 is 0 Å². The van der Waals surface area contributed by atoms with Crippen LogP contribution in [0.15, 0.2) is 22.7 Å². The van der Waals surface area contributed by atoms with Crippen LogP contribution < -0.4 is 0 Å². The molecule has 1 aliphatic heterocycles. The van der Waals surface area contributed by atoms with E-state index in [1.54, 1.807) is 11.0 Å². The average Bonchev–Trinajstić information content (AvgIpc) is 2.47. The zero-order valence-electron chi connectivity index (χ0n) is 11.2. The van der Waals surface area contributed by atoms with E-state index in [0.29, 0.717) is 23.1 Å². The Balaban J connectivity index is 2.17. The van der Waals surface area contributed by atoms with Gasteiger partial charge in [-0.2, -0.15) is 0 Å². The fourth-order valence-electron chi connectivity index (χ4n) is 2.23. The predicted octanol–water partition coefficient (Wildman–Crippen LogP) is 2.13. The number of carbonyl (C=O) groups excluding carboxylic acids is 1. The molecule has 0 atom stereocenters. The lowest BCUT2D eigenvalue weighted by molar-refractivity contribution is -0.384. The maximum absolute atomic E-state index is 12.4. The molecular weight excluding hydrogens is 326 g/mol. The fourth-order valence-corrected chi connectivity index (χ4v) is 2.64. The molecular formula is C13H16BrN3O3. The lowest BCUT2D eigenvalue weighted by atomic mass is 10.1. The quantitative estimate of drug-likeness (QED) is 0.624. The third-order valence-corrected chi connectivity index (χ3v) is 4.19. The minimum absolute atomic E-state index is 0.0660. The van der Waals surface area contributed by atoms with Gasteiger partial charge in [-0.3, -0.25) is 14.9 Å². The number of piperazine rings is 1. The van der Waals surface area contributed by atoms with E-state index in [2.05, 4.69) is 27.8 Å². The minimum Gasteiger partial charge on any atom is -0.336 e. The first-order valence-corrected chi connectivity index (χ1v) is 7.27. The monoisotopic (exact) mass is 341 g/mol. The largest absolute Gasteiger partial charge is 0.336 e. The Morgan fingerprint density at radius 2 is 2.00 bits per heavy atom. The van der Waals surface area contributed by atoms with Crippen molar-refractivity contribution in [3.8, 4) is 0 Å². The third kappa shape index (κ3) is 3.16. The molecule has 20 heavy (non-hydrogen) atoms. The van der Waals surface area contributed by atoms with Crippen molar-refractivity contribution in [2.24, 2.45) is 0 Å². The van der Waals surface area contributed by atoms with Crippen molar-refractivity contribution < 1.29 is 9.72 Å². The van der Waals surface area contributed by atoms with Crippen molar-refractivity contribution in [3.63, 3.8) is 0 Å². The first-order valence-electron chi connectivity index (χ1n) is 6.48. The van der Waals surface area contributed by atoms with Crippen LogP contribution in [0.2, 0.25) is 0 Å². The summed E-state index contributed by atoms with van der Waals surface area (Å²) in [6, 6.07) is 4.27. The number of non-ortho nitro benzene ring substituents is 1. The van der Waals surface area contributed by atoms with Crippen molar-refractivity contribution in [1.29, 1.82) is 0 Å². The molecule has 1 amide bonds. The normalized spacial score (nSPS) is 16.2. The molecule has 0 spiro atoms. The van der Waals surface area contributed by atoms with Gasteiger partial charge < -0.3 is 9.80 Å². The first-order chi connectivity index (χ1) is 9.52. The van der Waals surface area contributed by atoms with E-state index in [1.807, 2.05) is 0 Å². The van der Waals surface area contributed by atoms with Gasteiger partial charge in [-0.05, 0) is 28.5 Å². The highest BCUT2D eigenvalue weighted by molar-refractivity contribution is 9.10. The molecule has 0 unspecified atom stereocenters. The Bertz CT molecular complexity index is 528. The summed E-state index contributed by atoms with van der Waals surface area (Å²) in [5, 5.41) is 10.8. The van der Waals surface area contributed by atoms with Crippen molar-refractivity contribution in [2.75, 3.05) is 32.7 Å². The van der Waals surface area contributed by atoms with Gasteiger partial charge in [0.25, 0.3) is 11.6 Å². The lowest BCUT2D eigenvalue weighted by Gasteiger charge is -2.34. The second kappa shape index (κ2) is 6.32. The molecule has 0 N–H and O–H groups in total. The number of nitrogens with zero attached hydrogens (tertiary/aromatic N) is 3. The second-order valence-corrected chi connectivity index (χ2v) is 5.50. The van der Waals surface area contributed by atoms with Gasteiger partial charge in [0.2, 0.25) is 0 Å². The second-order valence-electron chi connectivity index (χ2n) is 4.65. The third-order valence-electron chi connectivity index (χ3n) is 3.50. The molecule has 1 aromatic carbocycles. The first kappa shape index (κ1) is 14.9. The number of likely N-dealkylation sites (N-methyl/N-ethyl adjacent to an activating group) is 1. The van der Waals surface area contributed by atoms with Crippen LogP contribution in [-0.4, -0.2) is 53.4 Å². The number of halogens is 1. The van der Waals surface area contributed by atoms with Crippen molar-refractivity contribution in [3.05, 3.63) is 38.3 Å². The zero-order valence-corrected chi connectivity index (χ0v) is 12.8. The molecule has 2 rings (SSSR count). The molecule has 0 saturated carbocycles. The fraction of sp³-hybridized carbons (Fsp3) is 0.462. The number of nitro groups is 1. The van der Waals surface area contributed by atoms with E-state index in [4.69, 9.17) is 0 Å². The van der Waals surface area contributed by atoms with E-state index in [9.17, 15) is 14.9 Å². The highest BCUT2D eigenvalue weighted by atomic mass is 79.9. The number of benzene rings is 1. The van der Waals surface area contributed by atoms with E-state index in [0.717, 1.165) is 19.6 Å². The topological polar surface area (TPSA) is 66.7 Å². The summed E-state index contributed by atoms with van der Waals surface area (Å²) in [4.78, 5) is 26.8. The molecule has 0 radical (unpaired) electrons.